The SMILES string of the molecule is Cc1cccc(C)c1NC(=O)[C@@H](C)n1c(C)nc2onc(C)c2c1=O. The van der Waals surface area contributed by atoms with Crippen molar-refractivity contribution >= 4 is 22.7 Å². The van der Waals surface area contributed by atoms with E-state index in [9.17, 15) is 9.59 Å². The zero-order chi connectivity index (χ0) is 18.3. The van der Waals surface area contributed by atoms with Crippen LogP contribution in [0.3, 0.4) is 0 Å². The minimum absolute atomic E-state index is 0.193. The first-order chi connectivity index (χ1) is 11.8. The Balaban J connectivity index is 2.02. The van der Waals surface area contributed by atoms with Gasteiger partial charge >= 0.3 is 0 Å². The Kier molecular flexibility index (Phi) is 4.16. The summed E-state index contributed by atoms with van der Waals surface area (Å²) in [6, 6.07) is 5.07. The van der Waals surface area contributed by atoms with E-state index in [0.29, 0.717) is 16.9 Å². The second kappa shape index (κ2) is 6.16. The summed E-state index contributed by atoms with van der Waals surface area (Å²) in [5.74, 6) is 0.121. The van der Waals surface area contributed by atoms with E-state index in [2.05, 4.69) is 15.5 Å². The normalized spacial score (nSPS) is 12.4. The maximum Gasteiger partial charge on any atom is 0.267 e. The highest BCUT2D eigenvalue weighted by Crippen LogP contribution is 2.21. The molecular weight excluding hydrogens is 320 g/mol. The lowest BCUT2D eigenvalue weighted by Crippen LogP contribution is -2.34. The van der Waals surface area contributed by atoms with E-state index in [-0.39, 0.29) is 17.2 Å². The summed E-state index contributed by atoms with van der Waals surface area (Å²) < 4.78 is 6.43. The van der Waals surface area contributed by atoms with Crippen LogP contribution >= 0.6 is 0 Å². The van der Waals surface area contributed by atoms with Gasteiger partial charge in [-0.15, -0.1) is 0 Å². The van der Waals surface area contributed by atoms with Gasteiger partial charge in [-0.05, 0) is 45.7 Å². The van der Waals surface area contributed by atoms with Crippen LogP contribution in [0.25, 0.3) is 11.1 Å². The van der Waals surface area contributed by atoms with Gasteiger partial charge in [-0.3, -0.25) is 14.2 Å². The Hall–Kier alpha value is -2.96. The van der Waals surface area contributed by atoms with E-state index >= 15 is 0 Å². The molecule has 1 aromatic carbocycles. The predicted octanol–water partition coefficient (Wildman–Crippen LogP) is 2.82. The molecule has 0 unspecified atom stereocenters. The molecule has 1 atom stereocenters. The molecule has 2 aromatic heterocycles. The maximum atomic E-state index is 12.8. The van der Waals surface area contributed by atoms with Crippen LogP contribution in [0.5, 0.6) is 0 Å². The van der Waals surface area contributed by atoms with Gasteiger partial charge in [0.15, 0.2) is 0 Å². The highest BCUT2D eigenvalue weighted by molar-refractivity contribution is 5.95. The molecule has 25 heavy (non-hydrogen) atoms. The van der Waals surface area contributed by atoms with Crippen LogP contribution in [-0.4, -0.2) is 20.6 Å². The second-order valence-corrected chi connectivity index (χ2v) is 6.21. The van der Waals surface area contributed by atoms with E-state index in [1.807, 2.05) is 32.0 Å². The number of hydrogen-bond acceptors (Lipinski definition) is 5. The molecule has 3 rings (SSSR count). The predicted molar refractivity (Wildman–Crippen MR) is 94.8 cm³/mol. The number of carbonyl (C=O) groups is 1. The fraction of sp³-hybridized carbons (Fsp3) is 0.333. The molecule has 0 aliphatic rings. The third kappa shape index (κ3) is 2.82. The molecule has 0 bridgehead atoms. The average Bonchev–Trinajstić information content (AvgIpc) is 2.91. The third-order valence-corrected chi connectivity index (χ3v) is 4.39. The minimum atomic E-state index is -0.724. The highest BCUT2D eigenvalue weighted by atomic mass is 16.5. The van der Waals surface area contributed by atoms with E-state index < -0.39 is 6.04 Å². The molecule has 0 aliphatic heterocycles. The Morgan fingerprint density at radius 3 is 2.48 bits per heavy atom. The van der Waals surface area contributed by atoms with Crippen molar-refractivity contribution in [2.75, 3.05) is 5.32 Å². The fourth-order valence-electron chi connectivity index (χ4n) is 2.96. The molecule has 2 heterocycles. The summed E-state index contributed by atoms with van der Waals surface area (Å²) >= 11 is 0. The fourth-order valence-corrected chi connectivity index (χ4v) is 2.96. The van der Waals surface area contributed by atoms with E-state index in [1.165, 1.54) is 4.57 Å². The molecule has 3 aromatic rings. The van der Waals surface area contributed by atoms with Crippen LogP contribution in [0.2, 0.25) is 0 Å². The molecule has 0 spiro atoms. The molecule has 1 N–H and O–H groups in total. The van der Waals surface area contributed by atoms with Crippen molar-refractivity contribution in [2.45, 2.75) is 40.7 Å². The van der Waals surface area contributed by atoms with Crippen LogP contribution in [-0.2, 0) is 4.79 Å². The minimum Gasteiger partial charge on any atom is -0.335 e. The van der Waals surface area contributed by atoms with Gasteiger partial charge in [0.1, 0.15) is 17.3 Å². The van der Waals surface area contributed by atoms with E-state index in [0.717, 1.165) is 16.8 Å². The van der Waals surface area contributed by atoms with Crippen LogP contribution in [0.1, 0.15) is 35.6 Å². The molecule has 130 valence electrons. The van der Waals surface area contributed by atoms with Crippen LogP contribution in [0.4, 0.5) is 5.69 Å². The quantitative estimate of drug-likeness (QED) is 0.792. The first-order valence-corrected chi connectivity index (χ1v) is 8.03. The molecule has 0 saturated heterocycles. The van der Waals surface area contributed by atoms with Gasteiger partial charge in [-0.1, -0.05) is 23.4 Å². The van der Waals surface area contributed by atoms with Gasteiger partial charge in [0.25, 0.3) is 11.3 Å². The lowest BCUT2D eigenvalue weighted by atomic mass is 10.1. The number of hydrogen-bond donors (Lipinski definition) is 1. The van der Waals surface area contributed by atoms with Gasteiger partial charge in [-0.2, -0.15) is 4.98 Å². The highest BCUT2D eigenvalue weighted by Gasteiger charge is 2.23. The molecule has 0 fully saturated rings. The number of anilines is 1. The molecule has 0 radical (unpaired) electrons. The van der Waals surface area contributed by atoms with Gasteiger partial charge in [-0.25, -0.2) is 0 Å². The van der Waals surface area contributed by atoms with Crippen LogP contribution in [0, 0.1) is 27.7 Å². The number of carbonyl (C=O) groups excluding carboxylic acids is 1. The molecular formula is C18H20N4O3. The molecule has 7 nitrogen and oxygen atoms in total. The van der Waals surface area contributed by atoms with E-state index in [4.69, 9.17) is 4.52 Å². The first-order valence-electron chi connectivity index (χ1n) is 8.03. The Labute approximate surface area is 144 Å². The van der Waals surface area contributed by atoms with Crippen LogP contribution in [0.15, 0.2) is 27.5 Å². The summed E-state index contributed by atoms with van der Waals surface area (Å²) in [6.07, 6.45) is 0. The maximum absolute atomic E-state index is 12.8. The standard InChI is InChI=1S/C18H20N4O3/c1-9-7-6-8-10(2)15(9)20-16(23)12(4)22-13(5)19-17-14(18(22)24)11(3)21-25-17/h6-8,12H,1-5H3,(H,20,23)/t12-/m1/s1. The summed E-state index contributed by atoms with van der Waals surface area (Å²) in [4.78, 5) is 29.8. The summed E-state index contributed by atoms with van der Waals surface area (Å²) in [7, 11) is 0. The molecule has 0 aliphatic carbocycles. The Morgan fingerprint density at radius 1 is 1.20 bits per heavy atom. The number of amides is 1. The number of nitrogens with zero attached hydrogens (tertiary/aromatic N) is 3. The number of fused-ring (bicyclic) bond motifs is 1. The topological polar surface area (TPSA) is 90.0 Å². The van der Waals surface area contributed by atoms with Crippen LogP contribution < -0.4 is 10.9 Å². The third-order valence-electron chi connectivity index (χ3n) is 4.39. The molecule has 0 saturated carbocycles. The largest absolute Gasteiger partial charge is 0.335 e. The summed E-state index contributed by atoms with van der Waals surface area (Å²) in [5.41, 5.74) is 3.02. The summed E-state index contributed by atoms with van der Waals surface area (Å²) in [6.45, 7) is 8.88. The smallest absolute Gasteiger partial charge is 0.267 e. The number of para-hydroxylation sites is 1. The number of aromatic nitrogens is 3. The number of aryl methyl sites for hydroxylation is 4. The molecule has 1 amide bonds. The number of rotatable bonds is 3. The second-order valence-electron chi connectivity index (χ2n) is 6.21. The Bertz CT molecular complexity index is 1010. The molecule has 7 heteroatoms. The lowest BCUT2D eigenvalue weighted by molar-refractivity contribution is -0.118. The zero-order valence-electron chi connectivity index (χ0n) is 14.9. The number of benzene rings is 1. The van der Waals surface area contributed by atoms with Crippen molar-refractivity contribution in [3.8, 4) is 0 Å². The van der Waals surface area contributed by atoms with Crippen molar-refractivity contribution in [3.05, 3.63) is 51.2 Å². The van der Waals surface area contributed by atoms with Crippen molar-refractivity contribution in [1.29, 1.82) is 0 Å². The lowest BCUT2D eigenvalue weighted by Gasteiger charge is -2.19. The van der Waals surface area contributed by atoms with Gasteiger partial charge < -0.3 is 9.84 Å². The van der Waals surface area contributed by atoms with Gasteiger partial charge in [0.2, 0.25) is 5.91 Å². The van der Waals surface area contributed by atoms with Crippen molar-refractivity contribution in [1.82, 2.24) is 14.7 Å². The van der Waals surface area contributed by atoms with Gasteiger partial charge in [0, 0.05) is 5.69 Å². The zero-order valence-corrected chi connectivity index (χ0v) is 14.9. The Morgan fingerprint density at radius 2 is 1.84 bits per heavy atom. The average molecular weight is 340 g/mol. The summed E-state index contributed by atoms with van der Waals surface area (Å²) in [5, 5.41) is 7.01. The van der Waals surface area contributed by atoms with Crippen molar-refractivity contribution in [2.24, 2.45) is 0 Å². The van der Waals surface area contributed by atoms with E-state index in [1.54, 1.807) is 20.8 Å². The first kappa shape index (κ1) is 16.9. The van der Waals surface area contributed by atoms with Crippen molar-refractivity contribution in [3.63, 3.8) is 0 Å². The number of nitrogens with one attached hydrogen (secondary N) is 1. The van der Waals surface area contributed by atoms with Gasteiger partial charge in [0.05, 0.1) is 5.69 Å². The van der Waals surface area contributed by atoms with Crippen molar-refractivity contribution < 1.29 is 9.32 Å². The monoisotopic (exact) mass is 340 g/mol.